The Balaban J connectivity index is 1.14. The second kappa shape index (κ2) is 8.68. The summed E-state index contributed by atoms with van der Waals surface area (Å²) in [5, 5.41) is 8.20. The molecule has 7 aromatic carbocycles. The third-order valence-corrected chi connectivity index (χ3v) is 9.75. The Hall–Kier alpha value is -6.26. The third kappa shape index (κ3) is 3.12. The van der Waals surface area contributed by atoms with E-state index in [1.807, 2.05) is 0 Å². The Morgan fingerprint density at radius 2 is 1.17 bits per heavy atom. The van der Waals surface area contributed by atoms with Crippen LogP contribution in [0.3, 0.4) is 0 Å². The van der Waals surface area contributed by atoms with E-state index in [1.165, 1.54) is 38.1 Å². The molecular weight excluding hydrogens is 562 g/mol. The van der Waals surface area contributed by atoms with Crippen LogP contribution >= 0.6 is 0 Å². The molecule has 0 saturated heterocycles. The number of furan rings is 1. The molecule has 3 aromatic heterocycles. The first-order valence-corrected chi connectivity index (χ1v) is 15.6. The molecule has 46 heavy (non-hydrogen) atoms. The number of aromatic nitrogens is 3. The maximum atomic E-state index is 6.29. The summed E-state index contributed by atoms with van der Waals surface area (Å²) in [6, 6.07) is 49.5. The predicted octanol–water partition coefficient (Wildman–Crippen LogP) is 11.1. The monoisotopic (exact) mass is 585 g/mol. The number of hydrogen-bond acceptors (Lipinski definition) is 3. The molecule has 4 heteroatoms. The van der Waals surface area contributed by atoms with Crippen LogP contribution < -0.4 is 0 Å². The number of para-hydroxylation sites is 1. The van der Waals surface area contributed by atoms with Crippen LogP contribution in [0.5, 0.6) is 0 Å². The first-order valence-electron chi connectivity index (χ1n) is 15.6. The number of hydrogen-bond donors (Lipinski definition) is 0. The lowest BCUT2D eigenvalue weighted by molar-refractivity contribution is 0.669. The first kappa shape index (κ1) is 24.1. The molecule has 11 rings (SSSR count). The zero-order valence-corrected chi connectivity index (χ0v) is 24.5. The Bertz CT molecular complexity index is 2930. The highest BCUT2D eigenvalue weighted by atomic mass is 16.3. The minimum atomic E-state index is 0.688. The van der Waals surface area contributed by atoms with Crippen molar-refractivity contribution in [3.05, 3.63) is 140 Å². The maximum Gasteiger partial charge on any atom is 0.235 e. The van der Waals surface area contributed by atoms with Crippen LogP contribution in [0.15, 0.2) is 144 Å². The van der Waals surface area contributed by atoms with Gasteiger partial charge in [0.2, 0.25) is 5.95 Å². The van der Waals surface area contributed by atoms with E-state index < -0.39 is 0 Å². The molecule has 1 aliphatic rings. The fourth-order valence-electron chi connectivity index (χ4n) is 7.71. The quantitative estimate of drug-likeness (QED) is 0.203. The van der Waals surface area contributed by atoms with Crippen LogP contribution in [0.25, 0.3) is 105 Å². The molecule has 4 nitrogen and oxygen atoms in total. The van der Waals surface area contributed by atoms with Gasteiger partial charge in [-0.05, 0) is 75.5 Å². The van der Waals surface area contributed by atoms with E-state index in [1.54, 1.807) is 0 Å². The van der Waals surface area contributed by atoms with Gasteiger partial charge in [-0.25, -0.2) is 9.97 Å². The van der Waals surface area contributed by atoms with Gasteiger partial charge < -0.3 is 4.42 Å². The minimum absolute atomic E-state index is 0.688. The molecular formula is C42H23N3O. The van der Waals surface area contributed by atoms with E-state index in [-0.39, 0.29) is 0 Å². The summed E-state index contributed by atoms with van der Waals surface area (Å²) in [5.41, 5.74) is 11.9. The van der Waals surface area contributed by atoms with Crippen LogP contribution in [0.2, 0.25) is 0 Å². The van der Waals surface area contributed by atoms with Crippen LogP contribution in [0, 0.1) is 0 Å². The minimum Gasteiger partial charge on any atom is -0.456 e. The highest BCUT2D eigenvalue weighted by Gasteiger charge is 2.25. The lowest BCUT2D eigenvalue weighted by Crippen LogP contribution is -2.02. The molecule has 3 heterocycles. The lowest BCUT2D eigenvalue weighted by Gasteiger charge is -2.10. The van der Waals surface area contributed by atoms with E-state index >= 15 is 0 Å². The van der Waals surface area contributed by atoms with Crippen molar-refractivity contribution in [2.24, 2.45) is 0 Å². The summed E-state index contributed by atoms with van der Waals surface area (Å²) < 4.78 is 8.51. The molecule has 0 fully saturated rings. The second-order valence-electron chi connectivity index (χ2n) is 12.2. The Kier molecular flexibility index (Phi) is 4.55. The largest absolute Gasteiger partial charge is 0.456 e. The number of rotatable bonds is 2. The van der Waals surface area contributed by atoms with Crippen molar-refractivity contribution in [2.45, 2.75) is 0 Å². The van der Waals surface area contributed by atoms with E-state index in [0.717, 1.165) is 60.9 Å². The zero-order chi connectivity index (χ0) is 29.9. The SMILES string of the molecule is c1ccc2c(c1)-c1cccc3nc(-n4c5ccccc5c5cc(-c6ccc7oc8ccc9ccccc9c8c7c6)ccc54)nc-2c13. The topological polar surface area (TPSA) is 43.9 Å². The van der Waals surface area contributed by atoms with Crippen LogP contribution in [0.4, 0.5) is 0 Å². The number of benzene rings is 7. The van der Waals surface area contributed by atoms with Crippen LogP contribution in [-0.4, -0.2) is 14.5 Å². The Morgan fingerprint density at radius 3 is 2.11 bits per heavy atom. The van der Waals surface area contributed by atoms with Gasteiger partial charge in [-0.15, -0.1) is 0 Å². The summed E-state index contributed by atoms with van der Waals surface area (Å²) in [4.78, 5) is 10.4. The highest BCUT2D eigenvalue weighted by molar-refractivity contribution is 6.19. The van der Waals surface area contributed by atoms with Gasteiger partial charge in [0.1, 0.15) is 11.2 Å². The van der Waals surface area contributed by atoms with E-state index in [4.69, 9.17) is 14.4 Å². The summed E-state index contributed by atoms with van der Waals surface area (Å²) in [6.45, 7) is 0. The molecule has 0 saturated carbocycles. The van der Waals surface area contributed by atoms with Crippen molar-refractivity contribution >= 4 is 65.4 Å². The van der Waals surface area contributed by atoms with Crippen molar-refractivity contribution in [1.29, 1.82) is 0 Å². The zero-order valence-electron chi connectivity index (χ0n) is 24.5. The molecule has 0 spiro atoms. The van der Waals surface area contributed by atoms with Crippen LogP contribution in [0.1, 0.15) is 0 Å². The smallest absolute Gasteiger partial charge is 0.235 e. The maximum absolute atomic E-state index is 6.29. The van der Waals surface area contributed by atoms with E-state index in [9.17, 15) is 0 Å². The normalized spacial score (nSPS) is 12.3. The summed E-state index contributed by atoms with van der Waals surface area (Å²) >= 11 is 0. The Morgan fingerprint density at radius 1 is 0.457 bits per heavy atom. The van der Waals surface area contributed by atoms with Gasteiger partial charge >= 0.3 is 0 Å². The standard InChI is InChI=1S/C42H23N3O/c1-2-9-27-24(8-1)17-21-38-39(27)33-23-26(18-20-37(33)46-38)25-16-19-36-32(22-25)29-11-5-6-15-35(29)45(36)42-43-34-14-7-13-30-28-10-3-4-12-31(28)41(44-42)40(30)34/h1-23H. The number of nitrogens with zero attached hydrogens (tertiary/aromatic N) is 3. The summed E-state index contributed by atoms with van der Waals surface area (Å²) in [7, 11) is 0. The average Bonchev–Trinajstić information content (AvgIpc) is 3.76. The molecule has 0 amide bonds. The van der Waals surface area contributed by atoms with Gasteiger partial charge in [-0.1, -0.05) is 97.1 Å². The van der Waals surface area contributed by atoms with Gasteiger partial charge in [0.25, 0.3) is 0 Å². The predicted molar refractivity (Wildman–Crippen MR) is 189 cm³/mol. The van der Waals surface area contributed by atoms with Gasteiger partial charge in [0.05, 0.1) is 22.2 Å². The van der Waals surface area contributed by atoms with Gasteiger partial charge in [-0.2, -0.15) is 0 Å². The highest BCUT2D eigenvalue weighted by Crippen LogP contribution is 2.46. The van der Waals surface area contributed by atoms with Gasteiger partial charge in [0, 0.05) is 32.5 Å². The van der Waals surface area contributed by atoms with Crippen molar-refractivity contribution in [1.82, 2.24) is 14.5 Å². The summed E-state index contributed by atoms with van der Waals surface area (Å²) in [6.07, 6.45) is 0. The molecule has 0 N–H and O–H groups in total. The number of fused-ring (bicyclic) bond motifs is 11. The fourth-order valence-corrected chi connectivity index (χ4v) is 7.71. The molecule has 0 unspecified atom stereocenters. The molecule has 0 atom stereocenters. The van der Waals surface area contributed by atoms with Crippen molar-refractivity contribution in [2.75, 3.05) is 0 Å². The van der Waals surface area contributed by atoms with Gasteiger partial charge in [0.15, 0.2) is 0 Å². The Labute approximate surface area is 262 Å². The molecule has 10 aromatic rings. The average molecular weight is 586 g/mol. The fraction of sp³-hybridized carbons (Fsp3) is 0. The van der Waals surface area contributed by atoms with Gasteiger partial charge in [-0.3, -0.25) is 4.57 Å². The second-order valence-corrected chi connectivity index (χ2v) is 12.2. The molecule has 0 radical (unpaired) electrons. The molecule has 0 aliphatic heterocycles. The van der Waals surface area contributed by atoms with Crippen LogP contribution in [-0.2, 0) is 0 Å². The van der Waals surface area contributed by atoms with Crippen molar-refractivity contribution in [3.8, 4) is 39.5 Å². The van der Waals surface area contributed by atoms with Crippen molar-refractivity contribution in [3.63, 3.8) is 0 Å². The summed E-state index contributed by atoms with van der Waals surface area (Å²) in [5.74, 6) is 0.688. The molecule has 0 bridgehead atoms. The van der Waals surface area contributed by atoms with E-state index in [0.29, 0.717) is 5.95 Å². The lowest BCUT2D eigenvalue weighted by atomic mass is 9.99. The van der Waals surface area contributed by atoms with Crippen molar-refractivity contribution < 1.29 is 4.42 Å². The third-order valence-electron chi connectivity index (χ3n) is 9.75. The van der Waals surface area contributed by atoms with E-state index in [2.05, 4.69) is 144 Å². The first-order chi connectivity index (χ1) is 22.8. The molecule has 212 valence electrons. The molecule has 1 aliphatic carbocycles.